The maximum atomic E-state index is 5.70. The molecule has 1 aromatic heterocycles. The molecule has 0 fully saturated rings. The van der Waals surface area contributed by atoms with Crippen molar-refractivity contribution in [3.63, 3.8) is 0 Å². The van der Waals surface area contributed by atoms with Crippen LogP contribution in [-0.4, -0.2) is 9.97 Å². The van der Waals surface area contributed by atoms with Crippen LogP contribution in [0.5, 0.6) is 11.6 Å². The Morgan fingerprint density at radius 3 is 2.24 bits per heavy atom. The van der Waals surface area contributed by atoms with Gasteiger partial charge in [0, 0.05) is 16.2 Å². The lowest BCUT2D eigenvalue weighted by atomic mass is 10.1. The highest BCUT2D eigenvalue weighted by Crippen LogP contribution is 2.28. The van der Waals surface area contributed by atoms with Crippen LogP contribution >= 0.6 is 15.9 Å². The van der Waals surface area contributed by atoms with Crippen molar-refractivity contribution in [2.75, 3.05) is 0 Å². The summed E-state index contributed by atoms with van der Waals surface area (Å²) in [4.78, 5) is 8.10. The van der Waals surface area contributed by atoms with Gasteiger partial charge < -0.3 is 4.74 Å². The summed E-state index contributed by atoms with van der Waals surface area (Å²) in [6, 6.07) is 5.77. The smallest absolute Gasteiger partial charge is 0.222 e. The summed E-state index contributed by atoms with van der Waals surface area (Å²) in [5.41, 5.74) is 3.18. The molecule has 0 aliphatic carbocycles. The van der Waals surface area contributed by atoms with Gasteiger partial charge in [0.25, 0.3) is 0 Å². The fourth-order valence-corrected chi connectivity index (χ4v) is 1.80. The molecule has 88 valence electrons. The first-order valence-corrected chi connectivity index (χ1v) is 6.09. The third-order valence-corrected chi connectivity index (χ3v) is 3.66. The zero-order valence-corrected chi connectivity index (χ0v) is 11.6. The Morgan fingerprint density at radius 1 is 1.00 bits per heavy atom. The van der Waals surface area contributed by atoms with Crippen molar-refractivity contribution in [2.24, 2.45) is 0 Å². The largest absolute Gasteiger partial charge is 0.439 e. The van der Waals surface area contributed by atoms with E-state index in [1.165, 1.54) is 6.33 Å². The van der Waals surface area contributed by atoms with Gasteiger partial charge in [-0.05, 0) is 44.0 Å². The third-order valence-electron chi connectivity index (χ3n) is 2.41. The van der Waals surface area contributed by atoms with Gasteiger partial charge in [-0.1, -0.05) is 15.9 Å². The van der Waals surface area contributed by atoms with Crippen molar-refractivity contribution in [1.82, 2.24) is 9.97 Å². The van der Waals surface area contributed by atoms with Crippen LogP contribution in [0.3, 0.4) is 0 Å². The predicted octanol–water partition coefficient (Wildman–Crippen LogP) is 3.96. The van der Waals surface area contributed by atoms with Gasteiger partial charge in [-0.3, -0.25) is 0 Å². The van der Waals surface area contributed by atoms with E-state index in [2.05, 4.69) is 25.9 Å². The molecule has 0 aliphatic heterocycles. The molecule has 0 unspecified atom stereocenters. The van der Waals surface area contributed by atoms with E-state index in [9.17, 15) is 0 Å². The molecule has 2 aromatic rings. The lowest BCUT2D eigenvalue weighted by molar-refractivity contribution is 0.460. The molecule has 0 atom stereocenters. The van der Waals surface area contributed by atoms with E-state index < -0.39 is 0 Å². The van der Waals surface area contributed by atoms with Crippen LogP contribution in [0.1, 0.15) is 16.8 Å². The standard InChI is InChI=1S/C13H13BrN2O/c1-8-4-11(5-9(2)13(8)14)17-12-6-10(3)15-7-16-12/h4-7H,1-3H3. The summed E-state index contributed by atoms with van der Waals surface area (Å²) in [5.74, 6) is 1.36. The van der Waals surface area contributed by atoms with Crippen molar-refractivity contribution < 1.29 is 4.74 Å². The maximum Gasteiger partial charge on any atom is 0.222 e. The second-order valence-electron chi connectivity index (χ2n) is 3.97. The molecule has 1 heterocycles. The summed E-state index contributed by atoms with van der Waals surface area (Å²) in [6.07, 6.45) is 1.50. The summed E-state index contributed by atoms with van der Waals surface area (Å²) in [7, 11) is 0. The lowest BCUT2D eigenvalue weighted by Crippen LogP contribution is -1.92. The Kier molecular flexibility index (Phi) is 3.43. The summed E-state index contributed by atoms with van der Waals surface area (Å²) >= 11 is 3.53. The third kappa shape index (κ3) is 2.82. The molecule has 1 aromatic carbocycles. The van der Waals surface area contributed by atoms with Crippen molar-refractivity contribution in [2.45, 2.75) is 20.8 Å². The number of rotatable bonds is 2. The second kappa shape index (κ2) is 4.84. The van der Waals surface area contributed by atoms with E-state index in [1.54, 1.807) is 0 Å². The van der Waals surface area contributed by atoms with Crippen LogP contribution in [0.15, 0.2) is 29.0 Å². The second-order valence-corrected chi connectivity index (χ2v) is 4.76. The molecular formula is C13H13BrN2O. The number of nitrogens with zero attached hydrogens (tertiary/aromatic N) is 2. The minimum atomic E-state index is 0.568. The van der Waals surface area contributed by atoms with Gasteiger partial charge in [-0.2, -0.15) is 0 Å². The van der Waals surface area contributed by atoms with Gasteiger partial charge in [0.1, 0.15) is 12.1 Å². The Morgan fingerprint density at radius 2 is 1.65 bits per heavy atom. The number of halogens is 1. The molecule has 0 saturated heterocycles. The first kappa shape index (κ1) is 12.0. The molecule has 17 heavy (non-hydrogen) atoms. The van der Waals surface area contributed by atoms with E-state index in [1.807, 2.05) is 39.0 Å². The maximum absolute atomic E-state index is 5.70. The van der Waals surface area contributed by atoms with Gasteiger partial charge in [-0.15, -0.1) is 0 Å². The number of hydrogen-bond acceptors (Lipinski definition) is 3. The summed E-state index contributed by atoms with van der Waals surface area (Å²) in [6.45, 7) is 5.98. The van der Waals surface area contributed by atoms with Crippen molar-refractivity contribution >= 4 is 15.9 Å². The Labute approximate surface area is 109 Å². The first-order valence-electron chi connectivity index (χ1n) is 5.29. The highest BCUT2D eigenvalue weighted by molar-refractivity contribution is 9.10. The summed E-state index contributed by atoms with van der Waals surface area (Å²) < 4.78 is 6.82. The zero-order chi connectivity index (χ0) is 12.4. The van der Waals surface area contributed by atoms with Gasteiger partial charge in [-0.25, -0.2) is 9.97 Å². The number of hydrogen-bond donors (Lipinski definition) is 0. The first-order chi connectivity index (χ1) is 8.06. The van der Waals surface area contributed by atoms with Crippen LogP contribution < -0.4 is 4.74 Å². The average Bonchev–Trinajstić information content (AvgIpc) is 2.26. The van der Waals surface area contributed by atoms with E-state index >= 15 is 0 Å². The predicted molar refractivity (Wildman–Crippen MR) is 70.5 cm³/mol. The Balaban J connectivity index is 2.31. The van der Waals surface area contributed by atoms with Gasteiger partial charge in [0.05, 0.1) is 0 Å². The SMILES string of the molecule is Cc1cc(Oc2cc(C)c(Br)c(C)c2)ncn1. The molecule has 0 radical (unpaired) electrons. The zero-order valence-electron chi connectivity index (χ0n) is 9.99. The average molecular weight is 293 g/mol. The number of aromatic nitrogens is 2. The monoisotopic (exact) mass is 292 g/mol. The molecule has 0 spiro atoms. The Bertz CT molecular complexity index is 532. The van der Waals surface area contributed by atoms with Crippen LogP contribution in [0.2, 0.25) is 0 Å². The van der Waals surface area contributed by atoms with Gasteiger partial charge in [0.2, 0.25) is 5.88 Å². The van der Waals surface area contributed by atoms with Crippen LogP contribution in [-0.2, 0) is 0 Å². The lowest BCUT2D eigenvalue weighted by Gasteiger charge is -2.09. The number of benzene rings is 1. The topological polar surface area (TPSA) is 35.0 Å². The van der Waals surface area contributed by atoms with Gasteiger partial charge >= 0.3 is 0 Å². The number of aryl methyl sites for hydroxylation is 3. The molecule has 2 rings (SSSR count). The molecule has 3 nitrogen and oxygen atoms in total. The quantitative estimate of drug-likeness (QED) is 0.840. The highest BCUT2D eigenvalue weighted by Gasteiger charge is 2.05. The van der Waals surface area contributed by atoms with E-state index in [0.29, 0.717) is 5.88 Å². The molecule has 0 amide bonds. The fourth-order valence-electron chi connectivity index (χ4n) is 1.57. The number of ether oxygens (including phenoxy) is 1. The Hall–Kier alpha value is -1.42. The summed E-state index contributed by atoms with van der Waals surface area (Å²) in [5, 5.41) is 0. The highest BCUT2D eigenvalue weighted by atomic mass is 79.9. The minimum absolute atomic E-state index is 0.568. The minimum Gasteiger partial charge on any atom is -0.439 e. The van der Waals surface area contributed by atoms with Crippen molar-refractivity contribution in [1.29, 1.82) is 0 Å². The van der Waals surface area contributed by atoms with Crippen LogP contribution in [0, 0.1) is 20.8 Å². The van der Waals surface area contributed by atoms with E-state index in [0.717, 1.165) is 27.0 Å². The molecule has 0 saturated carbocycles. The van der Waals surface area contributed by atoms with Crippen LogP contribution in [0.4, 0.5) is 0 Å². The van der Waals surface area contributed by atoms with Crippen molar-refractivity contribution in [3.8, 4) is 11.6 Å². The fraction of sp³-hybridized carbons (Fsp3) is 0.231. The van der Waals surface area contributed by atoms with Gasteiger partial charge in [0.15, 0.2) is 0 Å². The van der Waals surface area contributed by atoms with E-state index in [4.69, 9.17) is 4.74 Å². The molecule has 0 aliphatic rings. The molecular weight excluding hydrogens is 280 g/mol. The molecule has 0 bridgehead atoms. The molecule has 0 N–H and O–H groups in total. The van der Waals surface area contributed by atoms with Crippen molar-refractivity contribution in [3.05, 3.63) is 45.8 Å². The van der Waals surface area contributed by atoms with E-state index in [-0.39, 0.29) is 0 Å². The van der Waals surface area contributed by atoms with Crippen LogP contribution in [0.25, 0.3) is 0 Å². The normalized spacial score (nSPS) is 10.4. The molecule has 4 heteroatoms.